The Morgan fingerprint density at radius 2 is 1.62 bits per heavy atom. The zero-order valence-electron chi connectivity index (χ0n) is 10.4. The fraction of sp³-hybridized carbons (Fsp3) is 0.0714. The average molecular weight is 299 g/mol. The molecular formula is C14H9F4NO2. The number of rotatable bonds is 2. The van der Waals surface area contributed by atoms with Crippen LogP contribution in [0, 0.1) is 5.82 Å². The molecule has 0 unspecified atom stereocenters. The molecule has 0 radical (unpaired) electrons. The second-order valence-electron chi connectivity index (χ2n) is 4.12. The van der Waals surface area contributed by atoms with E-state index in [4.69, 9.17) is 0 Å². The minimum atomic E-state index is -4.90. The number of alkyl halides is 3. The predicted octanol–water partition coefficient (Wildman–Crippen LogP) is 4.66. The van der Waals surface area contributed by atoms with Gasteiger partial charge in [0.15, 0.2) is 0 Å². The molecule has 0 aliphatic heterocycles. The Morgan fingerprint density at radius 1 is 1.00 bits per heavy atom. The van der Waals surface area contributed by atoms with E-state index in [-0.39, 0.29) is 11.4 Å². The molecule has 0 saturated carbocycles. The molecule has 0 spiro atoms. The number of benzene rings is 2. The smallest absolute Gasteiger partial charge is 0.419 e. The van der Waals surface area contributed by atoms with Crippen molar-refractivity contribution in [3.63, 3.8) is 0 Å². The summed E-state index contributed by atoms with van der Waals surface area (Å²) in [5.41, 5.74) is -1.64. The van der Waals surface area contributed by atoms with Crippen LogP contribution < -0.4 is 4.90 Å². The SMILES string of the molecule is O=C(O)N(c1ccccc1)c1ccc(F)c(C(F)(F)F)c1. The van der Waals surface area contributed by atoms with E-state index in [2.05, 4.69) is 0 Å². The first-order valence-electron chi connectivity index (χ1n) is 5.75. The second kappa shape index (κ2) is 5.43. The number of amides is 1. The van der Waals surface area contributed by atoms with Crippen LogP contribution in [0.2, 0.25) is 0 Å². The largest absolute Gasteiger partial charge is 0.464 e. The molecule has 2 rings (SSSR count). The van der Waals surface area contributed by atoms with Gasteiger partial charge in [0.1, 0.15) is 5.82 Å². The molecule has 0 bridgehead atoms. The highest BCUT2D eigenvalue weighted by Crippen LogP contribution is 2.35. The van der Waals surface area contributed by atoms with E-state index >= 15 is 0 Å². The van der Waals surface area contributed by atoms with Gasteiger partial charge in [-0.2, -0.15) is 13.2 Å². The van der Waals surface area contributed by atoms with Crippen LogP contribution in [0.5, 0.6) is 0 Å². The molecule has 2 aromatic rings. The van der Waals surface area contributed by atoms with Crippen molar-refractivity contribution in [1.29, 1.82) is 0 Å². The Morgan fingerprint density at radius 3 is 2.14 bits per heavy atom. The summed E-state index contributed by atoms with van der Waals surface area (Å²) in [6, 6.07) is 9.60. The first-order chi connectivity index (χ1) is 9.80. The van der Waals surface area contributed by atoms with E-state index in [0.29, 0.717) is 17.0 Å². The summed E-state index contributed by atoms with van der Waals surface area (Å²) in [7, 11) is 0. The van der Waals surface area contributed by atoms with Crippen molar-refractivity contribution in [2.24, 2.45) is 0 Å². The van der Waals surface area contributed by atoms with Crippen molar-refractivity contribution >= 4 is 17.5 Å². The third-order valence-electron chi connectivity index (χ3n) is 2.72. The highest BCUT2D eigenvalue weighted by atomic mass is 19.4. The molecule has 0 fully saturated rings. The summed E-state index contributed by atoms with van der Waals surface area (Å²) in [4.78, 5) is 11.9. The van der Waals surface area contributed by atoms with Crippen molar-refractivity contribution in [1.82, 2.24) is 0 Å². The Bertz CT molecular complexity index is 656. The molecule has 0 aliphatic carbocycles. The molecule has 0 aromatic heterocycles. The second-order valence-corrected chi connectivity index (χ2v) is 4.12. The maximum absolute atomic E-state index is 13.2. The summed E-state index contributed by atoms with van der Waals surface area (Å²) >= 11 is 0. The van der Waals surface area contributed by atoms with Gasteiger partial charge in [-0.15, -0.1) is 0 Å². The fourth-order valence-electron chi connectivity index (χ4n) is 1.82. The number of hydrogen-bond donors (Lipinski definition) is 1. The summed E-state index contributed by atoms with van der Waals surface area (Å²) in [5.74, 6) is -1.45. The Hall–Kier alpha value is -2.57. The van der Waals surface area contributed by atoms with E-state index in [1.807, 2.05) is 0 Å². The van der Waals surface area contributed by atoms with Gasteiger partial charge in [0.25, 0.3) is 0 Å². The van der Waals surface area contributed by atoms with Crippen molar-refractivity contribution in [3.05, 3.63) is 59.9 Å². The highest BCUT2D eigenvalue weighted by Gasteiger charge is 2.35. The minimum absolute atomic E-state index is 0.157. The van der Waals surface area contributed by atoms with Gasteiger partial charge in [-0.1, -0.05) is 18.2 Å². The molecule has 21 heavy (non-hydrogen) atoms. The van der Waals surface area contributed by atoms with Gasteiger partial charge in [0, 0.05) is 0 Å². The molecule has 0 aliphatic rings. The quantitative estimate of drug-likeness (QED) is 0.819. The lowest BCUT2D eigenvalue weighted by molar-refractivity contribution is -0.139. The van der Waals surface area contributed by atoms with Gasteiger partial charge in [-0.3, -0.25) is 0 Å². The lowest BCUT2D eigenvalue weighted by atomic mass is 10.1. The molecule has 1 N–H and O–H groups in total. The normalized spacial score (nSPS) is 11.2. The molecule has 0 heterocycles. The highest BCUT2D eigenvalue weighted by molar-refractivity contribution is 5.94. The van der Waals surface area contributed by atoms with E-state index in [1.54, 1.807) is 18.2 Å². The van der Waals surface area contributed by atoms with Crippen LogP contribution >= 0.6 is 0 Å². The molecule has 110 valence electrons. The van der Waals surface area contributed by atoms with Gasteiger partial charge < -0.3 is 5.11 Å². The van der Waals surface area contributed by atoms with Crippen LogP contribution in [0.15, 0.2) is 48.5 Å². The third-order valence-corrected chi connectivity index (χ3v) is 2.72. The van der Waals surface area contributed by atoms with Crippen LogP contribution in [-0.4, -0.2) is 11.2 Å². The van der Waals surface area contributed by atoms with E-state index in [9.17, 15) is 27.5 Å². The predicted molar refractivity (Wildman–Crippen MR) is 68.0 cm³/mol. The summed E-state index contributed by atoms with van der Waals surface area (Å²) < 4.78 is 51.3. The number of para-hydroxylation sites is 1. The Labute approximate surface area is 117 Å². The lowest BCUT2D eigenvalue weighted by Crippen LogP contribution is -2.24. The first kappa shape index (κ1) is 14.8. The fourth-order valence-corrected chi connectivity index (χ4v) is 1.82. The first-order valence-corrected chi connectivity index (χ1v) is 5.75. The van der Waals surface area contributed by atoms with Gasteiger partial charge in [-0.05, 0) is 30.3 Å². The van der Waals surface area contributed by atoms with E-state index < -0.39 is 23.7 Å². The number of halogens is 4. The number of hydrogen-bond acceptors (Lipinski definition) is 1. The summed E-state index contributed by atoms with van der Waals surface area (Å²) in [6.45, 7) is 0. The van der Waals surface area contributed by atoms with Crippen LogP contribution in [-0.2, 0) is 6.18 Å². The monoisotopic (exact) mass is 299 g/mol. The van der Waals surface area contributed by atoms with E-state index in [0.717, 1.165) is 6.07 Å². The van der Waals surface area contributed by atoms with Crippen molar-refractivity contribution in [3.8, 4) is 0 Å². The molecule has 2 aromatic carbocycles. The molecule has 7 heteroatoms. The van der Waals surface area contributed by atoms with Gasteiger partial charge in [0.2, 0.25) is 0 Å². The molecule has 3 nitrogen and oxygen atoms in total. The van der Waals surface area contributed by atoms with Gasteiger partial charge in [0.05, 0.1) is 16.9 Å². The maximum atomic E-state index is 13.2. The number of carboxylic acid groups (broad SMARTS) is 1. The zero-order chi connectivity index (χ0) is 15.6. The molecular weight excluding hydrogens is 290 g/mol. The zero-order valence-corrected chi connectivity index (χ0v) is 10.4. The van der Waals surface area contributed by atoms with Gasteiger partial charge >= 0.3 is 12.3 Å². The lowest BCUT2D eigenvalue weighted by Gasteiger charge is -2.20. The maximum Gasteiger partial charge on any atom is 0.419 e. The number of nitrogens with zero attached hydrogens (tertiary/aromatic N) is 1. The summed E-state index contributed by atoms with van der Waals surface area (Å²) in [5, 5.41) is 9.19. The van der Waals surface area contributed by atoms with Crippen molar-refractivity contribution < 1.29 is 27.5 Å². The topological polar surface area (TPSA) is 40.5 Å². The minimum Gasteiger partial charge on any atom is -0.464 e. The Balaban J connectivity index is 2.55. The van der Waals surface area contributed by atoms with E-state index in [1.165, 1.54) is 12.1 Å². The number of anilines is 2. The van der Waals surface area contributed by atoms with Crippen LogP contribution in [0.4, 0.5) is 33.7 Å². The third kappa shape index (κ3) is 3.13. The average Bonchev–Trinajstić information content (AvgIpc) is 2.40. The van der Waals surface area contributed by atoms with Crippen molar-refractivity contribution in [2.45, 2.75) is 6.18 Å². The van der Waals surface area contributed by atoms with Crippen LogP contribution in [0.25, 0.3) is 0 Å². The number of carbonyl (C=O) groups is 1. The van der Waals surface area contributed by atoms with Gasteiger partial charge in [-0.25, -0.2) is 14.1 Å². The van der Waals surface area contributed by atoms with Crippen LogP contribution in [0.1, 0.15) is 5.56 Å². The molecule has 0 atom stereocenters. The van der Waals surface area contributed by atoms with Crippen LogP contribution in [0.3, 0.4) is 0 Å². The molecule has 0 saturated heterocycles. The molecule has 1 amide bonds. The Kier molecular flexibility index (Phi) is 3.84. The van der Waals surface area contributed by atoms with Crippen molar-refractivity contribution in [2.75, 3.05) is 4.90 Å². The summed E-state index contributed by atoms with van der Waals surface area (Å²) in [6.07, 6.45) is -6.37. The standard InChI is InChI=1S/C14H9F4NO2/c15-12-7-6-10(8-11(12)14(16,17)18)19(13(20)21)9-4-2-1-3-5-9/h1-8H,(H,20,21).